The number of rotatable bonds is 3. The molecule has 0 bridgehead atoms. The van der Waals surface area contributed by atoms with Gasteiger partial charge in [-0.2, -0.15) is 0 Å². The zero-order valence-electron chi connectivity index (χ0n) is 8.08. The second kappa shape index (κ2) is 3.76. The van der Waals surface area contributed by atoms with Crippen molar-refractivity contribution < 1.29 is 9.53 Å². The SMILES string of the molecule is COC1CNC(C(=O)C2CCC2)C1. The second-order valence-electron chi connectivity index (χ2n) is 4.08. The molecule has 1 aliphatic carbocycles. The maximum Gasteiger partial charge on any atom is 0.152 e. The molecule has 0 spiro atoms. The van der Waals surface area contributed by atoms with Gasteiger partial charge in [0.05, 0.1) is 12.1 Å². The zero-order valence-corrected chi connectivity index (χ0v) is 8.08. The highest BCUT2D eigenvalue weighted by Crippen LogP contribution is 2.29. The molecule has 1 saturated carbocycles. The van der Waals surface area contributed by atoms with Crippen LogP contribution in [0.15, 0.2) is 0 Å². The monoisotopic (exact) mass is 183 g/mol. The van der Waals surface area contributed by atoms with Crippen LogP contribution >= 0.6 is 0 Å². The van der Waals surface area contributed by atoms with E-state index in [4.69, 9.17) is 4.74 Å². The Hall–Kier alpha value is -0.410. The quantitative estimate of drug-likeness (QED) is 0.701. The first-order chi connectivity index (χ1) is 6.31. The molecule has 0 radical (unpaired) electrons. The molecule has 2 unspecified atom stereocenters. The zero-order chi connectivity index (χ0) is 9.26. The van der Waals surface area contributed by atoms with Gasteiger partial charge in [-0.1, -0.05) is 6.42 Å². The number of ketones is 1. The number of methoxy groups -OCH3 is 1. The fraction of sp³-hybridized carbons (Fsp3) is 0.900. The van der Waals surface area contributed by atoms with Gasteiger partial charge in [0.1, 0.15) is 0 Å². The lowest BCUT2D eigenvalue weighted by molar-refractivity contribution is -0.127. The minimum atomic E-state index is 0.0789. The van der Waals surface area contributed by atoms with Crippen LogP contribution in [0.5, 0.6) is 0 Å². The van der Waals surface area contributed by atoms with E-state index in [1.807, 2.05) is 0 Å². The van der Waals surface area contributed by atoms with E-state index in [1.165, 1.54) is 6.42 Å². The summed E-state index contributed by atoms with van der Waals surface area (Å²) >= 11 is 0. The van der Waals surface area contributed by atoms with Crippen molar-refractivity contribution in [3.05, 3.63) is 0 Å². The third-order valence-corrected chi connectivity index (χ3v) is 3.27. The Labute approximate surface area is 78.8 Å². The Morgan fingerprint density at radius 3 is 2.69 bits per heavy atom. The van der Waals surface area contributed by atoms with E-state index in [0.29, 0.717) is 11.7 Å². The molecule has 0 aromatic rings. The van der Waals surface area contributed by atoms with Gasteiger partial charge in [-0.15, -0.1) is 0 Å². The van der Waals surface area contributed by atoms with E-state index >= 15 is 0 Å². The van der Waals surface area contributed by atoms with Gasteiger partial charge >= 0.3 is 0 Å². The van der Waals surface area contributed by atoms with Gasteiger partial charge in [-0.05, 0) is 19.3 Å². The fourth-order valence-corrected chi connectivity index (χ4v) is 2.08. The Balaban J connectivity index is 1.84. The van der Waals surface area contributed by atoms with Crippen LogP contribution < -0.4 is 5.32 Å². The summed E-state index contributed by atoms with van der Waals surface area (Å²) in [6.07, 6.45) is 4.56. The van der Waals surface area contributed by atoms with E-state index < -0.39 is 0 Å². The topological polar surface area (TPSA) is 38.3 Å². The van der Waals surface area contributed by atoms with Crippen LogP contribution in [-0.2, 0) is 9.53 Å². The predicted octanol–water partition coefficient (Wildman–Crippen LogP) is 0.732. The highest BCUT2D eigenvalue weighted by Gasteiger charge is 2.35. The Morgan fingerprint density at radius 1 is 1.46 bits per heavy atom. The molecule has 3 heteroatoms. The highest BCUT2D eigenvalue weighted by atomic mass is 16.5. The molecule has 13 heavy (non-hydrogen) atoms. The standard InChI is InChI=1S/C10H17NO2/c1-13-8-5-9(11-6-8)10(12)7-3-2-4-7/h7-9,11H,2-6H2,1H3. The number of hydrogen-bond donors (Lipinski definition) is 1. The maximum atomic E-state index is 11.8. The van der Waals surface area contributed by atoms with Crippen LogP contribution in [0.2, 0.25) is 0 Å². The molecule has 2 rings (SSSR count). The summed E-state index contributed by atoms with van der Waals surface area (Å²) in [7, 11) is 1.71. The smallest absolute Gasteiger partial charge is 0.152 e. The van der Waals surface area contributed by atoms with Crippen LogP contribution in [0.1, 0.15) is 25.7 Å². The van der Waals surface area contributed by atoms with Crippen molar-refractivity contribution in [3.63, 3.8) is 0 Å². The third-order valence-electron chi connectivity index (χ3n) is 3.27. The molecule has 1 heterocycles. The van der Waals surface area contributed by atoms with Gasteiger partial charge in [0.2, 0.25) is 0 Å². The molecule has 2 atom stereocenters. The van der Waals surface area contributed by atoms with Crippen molar-refractivity contribution in [2.24, 2.45) is 5.92 Å². The number of carbonyl (C=O) groups excluding carboxylic acids is 1. The van der Waals surface area contributed by atoms with Crippen molar-refractivity contribution in [1.82, 2.24) is 5.32 Å². The maximum absolute atomic E-state index is 11.8. The van der Waals surface area contributed by atoms with Crippen molar-refractivity contribution in [1.29, 1.82) is 0 Å². The summed E-state index contributed by atoms with van der Waals surface area (Å²) in [4.78, 5) is 11.8. The number of hydrogen-bond acceptors (Lipinski definition) is 3. The highest BCUT2D eigenvalue weighted by molar-refractivity contribution is 5.87. The average molecular weight is 183 g/mol. The van der Waals surface area contributed by atoms with Crippen molar-refractivity contribution in [2.45, 2.75) is 37.8 Å². The Bertz CT molecular complexity index is 201. The first kappa shape index (κ1) is 9.16. The van der Waals surface area contributed by atoms with E-state index in [-0.39, 0.29) is 12.1 Å². The molecule has 1 N–H and O–H groups in total. The number of Topliss-reactive ketones (excluding diaryl/α,β-unsaturated/α-hetero) is 1. The normalized spacial score (nSPS) is 34.5. The van der Waals surface area contributed by atoms with Crippen LogP contribution in [0.3, 0.4) is 0 Å². The summed E-state index contributed by atoms with van der Waals surface area (Å²) in [5.74, 6) is 0.777. The summed E-state index contributed by atoms with van der Waals surface area (Å²) in [6, 6.07) is 0.0789. The molecule has 74 valence electrons. The van der Waals surface area contributed by atoms with Gasteiger partial charge in [0.25, 0.3) is 0 Å². The van der Waals surface area contributed by atoms with Crippen molar-refractivity contribution in [3.8, 4) is 0 Å². The first-order valence-corrected chi connectivity index (χ1v) is 5.11. The largest absolute Gasteiger partial charge is 0.380 e. The molecular weight excluding hydrogens is 166 g/mol. The first-order valence-electron chi connectivity index (χ1n) is 5.11. The second-order valence-corrected chi connectivity index (χ2v) is 4.08. The summed E-state index contributed by atoms with van der Waals surface area (Å²) < 4.78 is 5.21. The Kier molecular flexibility index (Phi) is 2.65. The molecule has 0 amide bonds. The predicted molar refractivity (Wildman–Crippen MR) is 49.6 cm³/mol. The number of carbonyl (C=O) groups is 1. The third kappa shape index (κ3) is 1.76. The average Bonchev–Trinajstić information content (AvgIpc) is 2.48. The lowest BCUT2D eigenvalue weighted by Gasteiger charge is -2.26. The van der Waals surface area contributed by atoms with Crippen LogP contribution in [0.4, 0.5) is 0 Å². The summed E-state index contributed by atoms with van der Waals surface area (Å²) in [6.45, 7) is 0.833. The van der Waals surface area contributed by atoms with E-state index in [0.717, 1.165) is 25.8 Å². The molecule has 1 saturated heterocycles. The molecular formula is C10H17NO2. The van der Waals surface area contributed by atoms with Gasteiger partial charge in [-0.25, -0.2) is 0 Å². The summed E-state index contributed by atoms with van der Waals surface area (Å²) in [5.41, 5.74) is 0. The fourth-order valence-electron chi connectivity index (χ4n) is 2.08. The molecule has 0 aromatic heterocycles. The molecule has 2 aliphatic rings. The van der Waals surface area contributed by atoms with Gasteiger partial charge in [-0.3, -0.25) is 4.79 Å². The lowest BCUT2D eigenvalue weighted by Crippen LogP contribution is -2.38. The molecule has 0 aromatic carbocycles. The minimum Gasteiger partial charge on any atom is -0.380 e. The van der Waals surface area contributed by atoms with Crippen LogP contribution in [0.25, 0.3) is 0 Å². The van der Waals surface area contributed by atoms with Crippen LogP contribution in [0, 0.1) is 5.92 Å². The molecule has 2 fully saturated rings. The van der Waals surface area contributed by atoms with E-state index in [2.05, 4.69) is 5.32 Å². The number of ether oxygens (including phenoxy) is 1. The molecule has 3 nitrogen and oxygen atoms in total. The van der Waals surface area contributed by atoms with Gasteiger partial charge in [0, 0.05) is 19.6 Å². The lowest BCUT2D eigenvalue weighted by atomic mass is 9.79. The van der Waals surface area contributed by atoms with E-state index in [1.54, 1.807) is 7.11 Å². The van der Waals surface area contributed by atoms with E-state index in [9.17, 15) is 4.79 Å². The van der Waals surface area contributed by atoms with Crippen LogP contribution in [-0.4, -0.2) is 31.6 Å². The summed E-state index contributed by atoms with van der Waals surface area (Å²) in [5, 5.41) is 3.23. The van der Waals surface area contributed by atoms with Gasteiger partial charge < -0.3 is 10.1 Å². The van der Waals surface area contributed by atoms with Crippen molar-refractivity contribution >= 4 is 5.78 Å². The Morgan fingerprint density at radius 2 is 2.23 bits per heavy atom. The molecule has 1 aliphatic heterocycles. The minimum absolute atomic E-state index is 0.0789. The number of nitrogens with one attached hydrogen (secondary N) is 1. The van der Waals surface area contributed by atoms with Crippen molar-refractivity contribution in [2.75, 3.05) is 13.7 Å². The van der Waals surface area contributed by atoms with Gasteiger partial charge in [0.15, 0.2) is 5.78 Å².